The molecule has 1 aliphatic carbocycles. The summed E-state index contributed by atoms with van der Waals surface area (Å²) in [5.41, 5.74) is 0.961. The summed E-state index contributed by atoms with van der Waals surface area (Å²) in [6, 6.07) is 4.51. The Hall–Kier alpha value is -1.42. The van der Waals surface area contributed by atoms with Crippen LogP contribution in [0.3, 0.4) is 0 Å². The average Bonchev–Trinajstić information content (AvgIpc) is 3.12. The van der Waals surface area contributed by atoms with Gasteiger partial charge in [-0.05, 0) is 25.3 Å². The van der Waals surface area contributed by atoms with Crippen LogP contribution in [0, 0.1) is 0 Å². The van der Waals surface area contributed by atoms with Crippen molar-refractivity contribution in [3.05, 3.63) is 30.5 Å². The van der Waals surface area contributed by atoms with Crippen molar-refractivity contribution in [2.75, 3.05) is 6.61 Å². The molecule has 0 radical (unpaired) electrons. The van der Waals surface area contributed by atoms with Crippen LogP contribution in [-0.4, -0.2) is 22.8 Å². The van der Waals surface area contributed by atoms with Crippen molar-refractivity contribution in [2.45, 2.75) is 31.8 Å². The Morgan fingerprint density at radius 2 is 2.31 bits per heavy atom. The van der Waals surface area contributed by atoms with E-state index in [0.717, 1.165) is 18.7 Å². The Balaban J connectivity index is 1.76. The second-order valence-electron chi connectivity index (χ2n) is 3.94. The van der Waals surface area contributed by atoms with Crippen LogP contribution in [0.4, 0.5) is 0 Å². The van der Waals surface area contributed by atoms with Gasteiger partial charge in [0.15, 0.2) is 0 Å². The van der Waals surface area contributed by atoms with Crippen LogP contribution in [0.1, 0.15) is 25.0 Å². The zero-order valence-corrected chi connectivity index (χ0v) is 9.35. The molecule has 1 aliphatic rings. The molecule has 0 aliphatic heterocycles. The van der Waals surface area contributed by atoms with Gasteiger partial charge >= 0.3 is 0 Å². The van der Waals surface area contributed by atoms with Crippen molar-refractivity contribution in [3.63, 3.8) is 0 Å². The van der Waals surface area contributed by atoms with Crippen LogP contribution >= 0.6 is 0 Å². The number of aromatic nitrogens is 2. The van der Waals surface area contributed by atoms with Crippen LogP contribution in [0.5, 0.6) is 5.88 Å². The first-order chi connectivity index (χ1) is 7.88. The normalized spacial score (nSPS) is 14.8. The molecular formula is C12H17N3O. The molecule has 1 saturated carbocycles. The predicted molar refractivity (Wildman–Crippen MR) is 62.2 cm³/mol. The third kappa shape index (κ3) is 3.62. The molecule has 1 aromatic rings. The smallest absolute Gasteiger partial charge is 0.233 e. The molecule has 0 amide bonds. The van der Waals surface area contributed by atoms with Crippen molar-refractivity contribution in [2.24, 2.45) is 0 Å². The lowest BCUT2D eigenvalue weighted by Crippen LogP contribution is -2.16. The van der Waals surface area contributed by atoms with Crippen LogP contribution in [0.25, 0.3) is 0 Å². The summed E-state index contributed by atoms with van der Waals surface area (Å²) in [6.45, 7) is 5.03. The summed E-state index contributed by atoms with van der Waals surface area (Å²) in [5, 5.41) is 11.5. The molecule has 1 N–H and O–H groups in total. The highest BCUT2D eigenvalue weighted by molar-refractivity contribution is 5.11. The van der Waals surface area contributed by atoms with Crippen molar-refractivity contribution < 1.29 is 4.74 Å². The Morgan fingerprint density at radius 3 is 2.94 bits per heavy atom. The van der Waals surface area contributed by atoms with Gasteiger partial charge in [-0.2, -0.15) is 5.10 Å². The maximum atomic E-state index is 5.37. The van der Waals surface area contributed by atoms with E-state index in [4.69, 9.17) is 4.74 Å². The van der Waals surface area contributed by atoms with E-state index in [-0.39, 0.29) is 0 Å². The fraction of sp³-hybridized carbons (Fsp3) is 0.500. The predicted octanol–water partition coefficient (Wildman–Crippen LogP) is 1.68. The standard InChI is InChI=1S/C12H17N3O/c1-2-3-8-16-12-7-6-11(14-15-12)9-13-10-4-5-10/h2,6-7,10,13H,1,3-5,8-9H2. The molecule has 86 valence electrons. The highest BCUT2D eigenvalue weighted by Crippen LogP contribution is 2.19. The summed E-state index contributed by atoms with van der Waals surface area (Å²) < 4.78 is 5.37. The second kappa shape index (κ2) is 5.61. The fourth-order valence-electron chi connectivity index (χ4n) is 1.30. The van der Waals surface area contributed by atoms with E-state index >= 15 is 0 Å². The van der Waals surface area contributed by atoms with Gasteiger partial charge in [-0.1, -0.05) is 6.08 Å². The number of nitrogens with zero attached hydrogens (tertiary/aromatic N) is 2. The lowest BCUT2D eigenvalue weighted by molar-refractivity contribution is 0.308. The van der Waals surface area contributed by atoms with E-state index in [0.29, 0.717) is 18.5 Å². The molecular weight excluding hydrogens is 202 g/mol. The Bertz CT molecular complexity index is 333. The van der Waals surface area contributed by atoms with Gasteiger partial charge < -0.3 is 10.1 Å². The van der Waals surface area contributed by atoms with E-state index < -0.39 is 0 Å². The van der Waals surface area contributed by atoms with Crippen LogP contribution < -0.4 is 10.1 Å². The van der Waals surface area contributed by atoms with Gasteiger partial charge in [-0.3, -0.25) is 0 Å². The van der Waals surface area contributed by atoms with E-state index in [1.807, 2.05) is 18.2 Å². The average molecular weight is 219 g/mol. The van der Waals surface area contributed by atoms with Crippen LogP contribution in [0.15, 0.2) is 24.8 Å². The van der Waals surface area contributed by atoms with E-state index in [2.05, 4.69) is 22.1 Å². The molecule has 16 heavy (non-hydrogen) atoms. The largest absolute Gasteiger partial charge is 0.476 e. The Kier molecular flexibility index (Phi) is 3.88. The highest BCUT2D eigenvalue weighted by Gasteiger charge is 2.20. The van der Waals surface area contributed by atoms with Crippen molar-refractivity contribution in [1.82, 2.24) is 15.5 Å². The first-order valence-corrected chi connectivity index (χ1v) is 5.68. The lowest BCUT2D eigenvalue weighted by atomic mass is 10.4. The zero-order chi connectivity index (χ0) is 11.2. The summed E-state index contributed by atoms with van der Waals surface area (Å²) in [5.74, 6) is 0.581. The maximum Gasteiger partial charge on any atom is 0.233 e. The molecule has 0 aromatic carbocycles. The quantitative estimate of drug-likeness (QED) is 0.560. The minimum Gasteiger partial charge on any atom is -0.476 e. The van der Waals surface area contributed by atoms with Gasteiger partial charge in [0.2, 0.25) is 5.88 Å². The lowest BCUT2D eigenvalue weighted by Gasteiger charge is -2.04. The second-order valence-corrected chi connectivity index (χ2v) is 3.94. The summed E-state index contributed by atoms with van der Waals surface area (Å²) in [6.07, 6.45) is 5.22. The summed E-state index contributed by atoms with van der Waals surface area (Å²) in [7, 11) is 0. The van der Waals surface area contributed by atoms with Gasteiger partial charge in [0.25, 0.3) is 0 Å². The molecule has 4 heteroatoms. The Labute approximate surface area is 95.7 Å². The highest BCUT2D eigenvalue weighted by atomic mass is 16.5. The summed E-state index contributed by atoms with van der Waals surface area (Å²) in [4.78, 5) is 0. The SMILES string of the molecule is C=CCCOc1ccc(CNC2CC2)nn1. The third-order valence-electron chi connectivity index (χ3n) is 2.42. The molecule has 0 saturated heterocycles. The van der Waals surface area contributed by atoms with Crippen LogP contribution in [0.2, 0.25) is 0 Å². The van der Waals surface area contributed by atoms with Gasteiger partial charge in [-0.15, -0.1) is 11.7 Å². The molecule has 0 spiro atoms. The maximum absolute atomic E-state index is 5.37. The number of hydrogen-bond acceptors (Lipinski definition) is 4. The first kappa shape index (κ1) is 11.1. The van der Waals surface area contributed by atoms with Crippen LogP contribution in [-0.2, 0) is 6.54 Å². The minimum atomic E-state index is 0.581. The number of hydrogen-bond donors (Lipinski definition) is 1. The van der Waals surface area contributed by atoms with Gasteiger partial charge in [-0.25, -0.2) is 0 Å². The molecule has 1 heterocycles. The van der Waals surface area contributed by atoms with Crippen molar-refractivity contribution in [3.8, 4) is 5.88 Å². The third-order valence-corrected chi connectivity index (χ3v) is 2.42. The van der Waals surface area contributed by atoms with Gasteiger partial charge in [0.05, 0.1) is 12.3 Å². The molecule has 0 atom stereocenters. The molecule has 1 aromatic heterocycles. The van der Waals surface area contributed by atoms with E-state index in [1.54, 1.807) is 0 Å². The van der Waals surface area contributed by atoms with Gasteiger partial charge in [0.1, 0.15) is 0 Å². The molecule has 0 unspecified atom stereocenters. The van der Waals surface area contributed by atoms with Crippen molar-refractivity contribution in [1.29, 1.82) is 0 Å². The monoisotopic (exact) mass is 219 g/mol. The van der Waals surface area contributed by atoms with Gasteiger partial charge in [0, 0.05) is 18.7 Å². The van der Waals surface area contributed by atoms with Crippen molar-refractivity contribution >= 4 is 0 Å². The number of rotatable bonds is 7. The first-order valence-electron chi connectivity index (χ1n) is 5.68. The fourth-order valence-corrected chi connectivity index (χ4v) is 1.30. The number of nitrogens with one attached hydrogen (secondary N) is 1. The molecule has 1 fully saturated rings. The molecule has 0 bridgehead atoms. The summed E-state index contributed by atoms with van der Waals surface area (Å²) >= 11 is 0. The molecule has 4 nitrogen and oxygen atoms in total. The topological polar surface area (TPSA) is 47.0 Å². The Morgan fingerprint density at radius 1 is 1.44 bits per heavy atom. The zero-order valence-electron chi connectivity index (χ0n) is 9.35. The molecule has 2 rings (SSSR count). The minimum absolute atomic E-state index is 0.581. The number of ether oxygens (including phenoxy) is 1. The van der Waals surface area contributed by atoms with E-state index in [1.165, 1.54) is 12.8 Å². The van der Waals surface area contributed by atoms with E-state index in [9.17, 15) is 0 Å².